The molecule has 0 aromatic heterocycles. The van der Waals surface area contributed by atoms with E-state index in [1.54, 1.807) is 12.1 Å². The van der Waals surface area contributed by atoms with Crippen LogP contribution in [0.25, 0.3) is 0 Å². The van der Waals surface area contributed by atoms with Crippen LogP contribution in [0.15, 0.2) is 48.5 Å². The van der Waals surface area contributed by atoms with Crippen molar-refractivity contribution in [2.75, 3.05) is 32.8 Å². The van der Waals surface area contributed by atoms with Gasteiger partial charge in [-0.2, -0.15) is 0 Å². The maximum atomic E-state index is 13.8. The average molecular weight is 469 g/mol. The van der Waals surface area contributed by atoms with Gasteiger partial charge < -0.3 is 14.5 Å². The van der Waals surface area contributed by atoms with Gasteiger partial charge in [0.25, 0.3) is 5.91 Å². The molecule has 4 rings (SSSR count). The molecule has 0 unspecified atom stereocenters. The molecule has 33 heavy (non-hydrogen) atoms. The van der Waals surface area contributed by atoms with Crippen LogP contribution in [-0.2, 0) is 11.2 Å². The van der Waals surface area contributed by atoms with Gasteiger partial charge in [0.15, 0.2) is 0 Å². The highest BCUT2D eigenvalue weighted by atomic mass is 35.5. The summed E-state index contributed by atoms with van der Waals surface area (Å²) in [5.41, 5.74) is 1.36. The molecule has 0 saturated carbocycles. The number of hydrogen-bond donors (Lipinski definition) is 0. The summed E-state index contributed by atoms with van der Waals surface area (Å²) in [5, 5.41) is 0.474. The van der Waals surface area contributed by atoms with Gasteiger partial charge in [-0.1, -0.05) is 48.4 Å². The number of carbonyl (C=O) groups is 2. The van der Waals surface area contributed by atoms with Crippen molar-refractivity contribution >= 4 is 23.4 Å². The van der Waals surface area contributed by atoms with E-state index in [2.05, 4.69) is 12.1 Å². The summed E-state index contributed by atoms with van der Waals surface area (Å²) in [6.45, 7) is 4.91. The normalized spacial score (nSPS) is 19.3. The minimum Gasteiger partial charge on any atom is -0.491 e. The monoisotopic (exact) mass is 468 g/mol. The quantitative estimate of drug-likeness (QED) is 0.607. The van der Waals surface area contributed by atoms with Crippen molar-refractivity contribution in [1.29, 1.82) is 0 Å². The Balaban J connectivity index is 1.49. The van der Waals surface area contributed by atoms with Crippen molar-refractivity contribution in [3.63, 3.8) is 0 Å². The molecule has 2 aliphatic heterocycles. The Hall–Kier alpha value is -2.53. The largest absolute Gasteiger partial charge is 0.491 e. The second kappa shape index (κ2) is 10.6. The van der Waals surface area contributed by atoms with Crippen LogP contribution in [0.4, 0.5) is 0 Å². The molecule has 0 radical (unpaired) electrons. The number of likely N-dealkylation sites (tertiary alicyclic amines) is 1. The third-order valence-corrected chi connectivity index (χ3v) is 7.51. The number of fused-ring (bicyclic) bond motifs is 1. The number of likely N-dealkylation sites (N-methyl/N-ethyl adjacent to an activating group) is 1. The van der Waals surface area contributed by atoms with E-state index in [0.717, 1.165) is 31.4 Å². The van der Waals surface area contributed by atoms with Crippen LogP contribution in [-0.4, -0.2) is 54.4 Å². The Morgan fingerprint density at radius 3 is 2.48 bits per heavy atom. The van der Waals surface area contributed by atoms with Gasteiger partial charge in [-0.05, 0) is 62.8 Å². The molecule has 6 heteroatoms. The van der Waals surface area contributed by atoms with Crippen LogP contribution < -0.4 is 4.74 Å². The highest BCUT2D eigenvalue weighted by Crippen LogP contribution is 2.40. The molecule has 2 aromatic carbocycles. The summed E-state index contributed by atoms with van der Waals surface area (Å²) >= 11 is 6.26. The predicted octanol–water partition coefficient (Wildman–Crippen LogP) is 5.22. The average Bonchev–Trinajstić information content (AvgIpc) is 2.84. The lowest BCUT2D eigenvalue weighted by Crippen LogP contribution is -2.52. The number of carbonyl (C=O) groups excluding carboxylic acids is 2. The number of aryl methyl sites for hydroxylation is 1. The number of ether oxygens (including phenoxy) is 1. The minimum atomic E-state index is -0.411. The predicted molar refractivity (Wildman–Crippen MR) is 131 cm³/mol. The zero-order valence-corrected chi connectivity index (χ0v) is 20.2. The van der Waals surface area contributed by atoms with Crippen molar-refractivity contribution in [2.45, 2.75) is 45.4 Å². The van der Waals surface area contributed by atoms with E-state index >= 15 is 0 Å². The van der Waals surface area contributed by atoms with Crippen LogP contribution in [0.3, 0.4) is 0 Å². The summed E-state index contributed by atoms with van der Waals surface area (Å²) in [7, 11) is 0. The first kappa shape index (κ1) is 23.6. The third kappa shape index (κ3) is 5.19. The number of benzene rings is 2. The molecule has 0 atom stereocenters. The maximum Gasteiger partial charge on any atom is 0.255 e. The van der Waals surface area contributed by atoms with Crippen LogP contribution in [0, 0.1) is 5.41 Å². The molecule has 2 aliphatic rings. The molecule has 0 N–H and O–H groups in total. The van der Waals surface area contributed by atoms with Crippen molar-refractivity contribution in [1.82, 2.24) is 9.80 Å². The molecule has 5 nitrogen and oxygen atoms in total. The molecule has 2 heterocycles. The van der Waals surface area contributed by atoms with Gasteiger partial charge >= 0.3 is 0 Å². The fourth-order valence-corrected chi connectivity index (χ4v) is 5.36. The molecule has 1 saturated heterocycles. The lowest BCUT2D eigenvalue weighted by molar-refractivity contribution is -0.145. The standard InChI is InChI=1S/C27H33ClN2O3/c1-2-29-19-20-33-24-13-6-3-9-21(24)10-7-8-14-27(26(29)32)15-17-30(18-16-27)25(31)22-11-4-5-12-23(22)28/h3-6,9,11-13H,2,7-8,10,14-20H2,1H3. The fourth-order valence-electron chi connectivity index (χ4n) is 5.15. The Bertz CT molecular complexity index is 985. The van der Waals surface area contributed by atoms with Crippen molar-refractivity contribution in [3.05, 3.63) is 64.7 Å². The Labute approximate surface area is 201 Å². The van der Waals surface area contributed by atoms with Gasteiger partial charge in [-0.15, -0.1) is 0 Å². The zero-order valence-electron chi connectivity index (χ0n) is 19.4. The van der Waals surface area contributed by atoms with Crippen LogP contribution in [0.1, 0.15) is 54.9 Å². The summed E-state index contributed by atoms with van der Waals surface area (Å²) in [5.74, 6) is 1.10. The van der Waals surface area contributed by atoms with E-state index in [1.807, 2.05) is 41.0 Å². The minimum absolute atomic E-state index is 0.0478. The Morgan fingerprint density at radius 2 is 1.73 bits per heavy atom. The van der Waals surface area contributed by atoms with Crippen LogP contribution in [0.2, 0.25) is 5.02 Å². The van der Waals surface area contributed by atoms with Gasteiger partial charge in [0.05, 0.1) is 22.5 Å². The summed E-state index contributed by atoms with van der Waals surface area (Å²) in [4.78, 5) is 30.6. The molecule has 176 valence electrons. The Morgan fingerprint density at radius 1 is 1.00 bits per heavy atom. The molecule has 1 spiro atoms. The second-order valence-corrected chi connectivity index (χ2v) is 9.51. The van der Waals surface area contributed by atoms with Gasteiger partial charge in [-0.25, -0.2) is 0 Å². The van der Waals surface area contributed by atoms with Gasteiger partial charge in [0.1, 0.15) is 12.4 Å². The number of nitrogens with zero attached hydrogens (tertiary/aromatic N) is 2. The fraction of sp³-hybridized carbons (Fsp3) is 0.481. The maximum absolute atomic E-state index is 13.8. The smallest absolute Gasteiger partial charge is 0.255 e. The molecular weight excluding hydrogens is 436 g/mol. The van der Waals surface area contributed by atoms with Crippen molar-refractivity contribution in [2.24, 2.45) is 5.41 Å². The lowest BCUT2D eigenvalue weighted by Gasteiger charge is -2.43. The SMILES string of the molecule is CCN1CCOc2ccccc2CCCCC2(CCN(C(=O)c3ccccc3Cl)CC2)C1=O. The van der Waals surface area contributed by atoms with Crippen molar-refractivity contribution in [3.8, 4) is 5.75 Å². The molecule has 2 aromatic rings. The third-order valence-electron chi connectivity index (χ3n) is 7.18. The van der Waals surface area contributed by atoms with Crippen LogP contribution in [0.5, 0.6) is 5.75 Å². The number of piperidine rings is 1. The zero-order chi connectivity index (χ0) is 23.3. The number of rotatable bonds is 2. The second-order valence-electron chi connectivity index (χ2n) is 9.10. The van der Waals surface area contributed by atoms with Gasteiger partial charge in [-0.3, -0.25) is 9.59 Å². The highest BCUT2D eigenvalue weighted by Gasteiger charge is 2.43. The molecule has 1 fully saturated rings. The summed E-state index contributed by atoms with van der Waals surface area (Å²) in [6.07, 6.45) is 5.19. The van der Waals surface area contributed by atoms with Crippen molar-refractivity contribution < 1.29 is 14.3 Å². The number of hydrogen-bond acceptors (Lipinski definition) is 3. The molecule has 0 bridgehead atoms. The van der Waals surface area contributed by atoms with E-state index in [9.17, 15) is 9.59 Å². The first-order valence-electron chi connectivity index (χ1n) is 12.1. The molecule has 0 aliphatic carbocycles. The lowest BCUT2D eigenvalue weighted by atomic mass is 9.73. The van der Waals surface area contributed by atoms with Gasteiger partial charge in [0.2, 0.25) is 5.91 Å². The van der Waals surface area contributed by atoms with E-state index in [0.29, 0.717) is 56.2 Å². The number of amides is 2. The number of halogens is 1. The van der Waals surface area contributed by atoms with E-state index < -0.39 is 5.41 Å². The van der Waals surface area contributed by atoms with Crippen LogP contribution >= 0.6 is 11.6 Å². The van der Waals surface area contributed by atoms with E-state index in [4.69, 9.17) is 16.3 Å². The summed E-state index contributed by atoms with van der Waals surface area (Å²) in [6, 6.07) is 15.4. The molecule has 2 amide bonds. The van der Waals surface area contributed by atoms with Gasteiger partial charge in [0, 0.05) is 19.6 Å². The van der Waals surface area contributed by atoms with E-state index in [-0.39, 0.29) is 11.8 Å². The Kier molecular flexibility index (Phi) is 7.59. The molecular formula is C27H33ClN2O3. The topological polar surface area (TPSA) is 49.9 Å². The van der Waals surface area contributed by atoms with E-state index in [1.165, 1.54) is 5.56 Å². The number of para-hydroxylation sites is 1. The summed E-state index contributed by atoms with van der Waals surface area (Å²) < 4.78 is 6.07. The first-order chi connectivity index (χ1) is 16.0. The highest BCUT2D eigenvalue weighted by molar-refractivity contribution is 6.33. The first-order valence-corrected chi connectivity index (χ1v) is 12.5.